The van der Waals surface area contributed by atoms with E-state index in [1.54, 1.807) is 18.2 Å². The van der Waals surface area contributed by atoms with Crippen LogP contribution in [0.15, 0.2) is 42.5 Å². The second-order valence-electron chi connectivity index (χ2n) is 7.47. The van der Waals surface area contributed by atoms with Gasteiger partial charge in [0, 0.05) is 43.7 Å². The number of alkyl halides is 3. The van der Waals surface area contributed by atoms with E-state index in [4.69, 9.17) is 38.7 Å². The van der Waals surface area contributed by atoms with Crippen molar-refractivity contribution < 1.29 is 22.6 Å². The fourth-order valence-corrected chi connectivity index (χ4v) is 4.16. The van der Waals surface area contributed by atoms with Crippen LogP contribution in [0.1, 0.15) is 0 Å². The summed E-state index contributed by atoms with van der Waals surface area (Å²) in [5, 5.41) is 1.58. The van der Waals surface area contributed by atoms with Gasteiger partial charge in [-0.15, -0.1) is 13.2 Å². The molecule has 2 heterocycles. The zero-order chi connectivity index (χ0) is 23.6. The van der Waals surface area contributed by atoms with Gasteiger partial charge in [-0.2, -0.15) is 0 Å². The smallest absolute Gasteiger partial charge is 0.406 e. The summed E-state index contributed by atoms with van der Waals surface area (Å²) >= 11 is 12.9. The summed E-state index contributed by atoms with van der Waals surface area (Å²) in [7, 11) is 0. The molecule has 0 atom stereocenters. The maximum atomic E-state index is 12.6. The summed E-state index contributed by atoms with van der Waals surface area (Å²) in [4.78, 5) is 8.74. The number of nitrogen functional groups attached to an aromatic ring is 1. The van der Waals surface area contributed by atoms with Crippen LogP contribution in [0.3, 0.4) is 0 Å². The highest BCUT2D eigenvalue weighted by Gasteiger charge is 2.31. The Morgan fingerprint density at radius 1 is 1.09 bits per heavy atom. The van der Waals surface area contributed by atoms with Gasteiger partial charge >= 0.3 is 6.36 Å². The number of nitrogens with zero attached hydrogens (tertiary/aromatic N) is 3. The van der Waals surface area contributed by atoms with Crippen molar-refractivity contribution in [2.75, 3.05) is 50.0 Å². The molecule has 33 heavy (non-hydrogen) atoms. The van der Waals surface area contributed by atoms with Crippen LogP contribution in [-0.2, 0) is 4.74 Å². The minimum Gasteiger partial charge on any atom is -0.406 e. The monoisotopic (exact) mass is 500 g/mol. The number of pyridine rings is 1. The first-order valence-electron chi connectivity index (χ1n) is 10.2. The van der Waals surface area contributed by atoms with Crippen LogP contribution in [-0.4, -0.2) is 55.6 Å². The minimum absolute atomic E-state index is 0.107. The second-order valence-corrected chi connectivity index (χ2v) is 8.29. The highest BCUT2D eigenvalue weighted by atomic mass is 35.5. The van der Waals surface area contributed by atoms with E-state index in [1.165, 1.54) is 12.1 Å². The van der Waals surface area contributed by atoms with E-state index < -0.39 is 12.1 Å². The minimum atomic E-state index is -4.81. The molecular formula is C22H21Cl2F3N4O2. The second kappa shape index (κ2) is 9.80. The third-order valence-corrected chi connectivity index (χ3v) is 5.89. The first kappa shape index (κ1) is 23.7. The molecule has 1 aromatic heterocycles. The van der Waals surface area contributed by atoms with Crippen molar-refractivity contribution in [1.82, 2.24) is 9.88 Å². The number of benzene rings is 2. The van der Waals surface area contributed by atoms with Gasteiger partial charge in [0.1, 0.15) is 11.6 Å². The molecule has 1 aliphatic rings. The number of fused-ring (bicyclic) bond motifs is 1. The molecule has 11 heteroatoms. The molecule has 1 aliphatic heterocycles. The fraction of sp³-hybridized carbons (Fsp3) is 0.318. The molecule has 2 N–H and O–H groups in total. The van der Waals surface area contributed by atoms with Crippen LogP contribution in [0, 0.1) is 0 Å². The summed E-state index contributed by atoms with van der Waals surface area (Å²) in [5.41, 5.74) is 7.27. The zero-order valence-corrected chi connectivity index (χ0v) is 18.9. The first-order valence-corrected chi connectivity index (χ1v) is 10.9. The van der Waals surface area contributed by atoms with Gasteiger partial charge in [0.05, 0.1) is 40.2 Å². The highest BCUT2D eigenvalue weighted by Crippen LogP contribution is 2.37. The Balaban J connectivity index is 1.72. The van der Waals surface area contributed by atoms with Crippen molar-refractivity contribution >= 4 is 51.3 Å². The van der Waals surface area contributed by atoms with E-state index in [2.05, 4.69) is 9.64 Å². The molecule has 4 rings (SSSR count). The maximum Gasteiger partial charge on any atom is 0.573 e. The quantitative estimate of drug-likeness (QED) is 0.451. The molecule has 0 amide bonds. The number of rotatable bonds is 6. The van der Waals surface area contributed by atoms with E-state index in [0.717, 1.165) is 19.2 Å². The Bertz CT molecular complexity index is 1140. The zero-order valence-electron chi connectivity index (χ0n) is 17.4. The van der Waals surface area contributed by atoms with Crippen molar-refractivity contribution in [3.63, 3.8) is 0 Å². The van der Waals surface area contributed by atoms with Crippen LogP contribution in [0.25, 0.3) is 10.9 Å². The molecule has 0 unspecified atom stereocenters. The third-order valence-electron chi connectivity index (χ3n) is 5.27. The van der Waals surface area contributed by atoms with E-state index in [1.807, 2.05) is 11.0 Å². The molecule has 1 fully saturated rings. The van der Waals surface area contributed by atoms with Crippen LogP contribution in [0.4, 0.5) is 30.4 Å². The lowest BCUT2D eigenvalue weighted by Gasteiger charge is -2.31. The topological polar surface area (TPSA) is 63.9 Å². The average molecular weight is 501 g/mol. The molecular weight excluding hydrogens is 480 g/mol. The summed E-state index contributed by atoms with van der Waals surface area (Å²) in [6, 6.07) is 10.8. The van der Waals surface area contributed by atoms with Gasteiger partial charge in [-0.3, -0.25) is 4.90 Å². The van der Waals surface area contributed by atoms with Gasteiger partial charge < -0.3 is 20.1 Å². The fourth-order valence-electron chi connectivity index (χ4n) is 3.70. The lowest BCUT2D eigenvalue weighted by molar-refractivity contribution is -0.274. The Morgan fingerprint density at radius 2 is 1.85 bits per heavy atom. The summed E-state index contributed by atoms with van der Waals surface area (Å²) < 4.78 is 47.3. The van der Waals surface area contributed by atoms with Crippen molar-refractivity contribution in [2.45, 2.75) is 6.36 Å². The number of morpholine rings is 1. The molecule has 176 valence electrons. The van der Waals surface area contributed by atoms with Gasteiger partial charge in [-0.05, 0) is 18.2 Å². The first-order chi connectivity index (χ1) is 15.7. The van der Waals surface area contributed by atoms with Crippen molar-refractivity contribution in [2.24, 2.45) is 0 Å². The maximum absolute atomic E-state index is 12.6. The molecule has 1 saturated heterocycles. The number of nitrogens with two attached hydrogens (primary N) is 1. The average Bonchev–Trinajstić information content (AvgIpc) is 2.75. The summed E-state index contributed by atoms with van der Waals surface area (Å²) in [6.45, 7) is 3.95. The van der Waals surface area contributed by atoms with E-state index in [9.17, 15) is 13.2 Å². The lowest BCUT2D eigenvalue weighted by Crippen LogP contribution is -2.40. The van der Waals surface area contributed by atoms with Crippen LogP contribution >= 0.6 is 23.2 Å². The normalized spacial score (nSPS) is 15.1. The third kappa shape index (κ3) is 5.73. The molecule has 0 aliphatic carbocycles. The number of ether oxygens (including phenoxy) is 2. The van der Waals surface area contributed by atoms with E-state index in [-0.39, 0.29) is 5.69 Å². The Morgan fingerprint density at radius 3 is 2.55 bits per heavy atom. The highest BCUT2D eigenvalue weighted by molar-refractivity contribution is 6.39. The number of halogens is 5. The van der Waals surface area contributed by atoms with Gasteiger partial charge in [0.15, 0.2) is 0 Å². The van der Waals surface area contributed by atoms with E-state index >= 15 is 0 Å². The number of hydrogen-bond donors (Lipinski definition) is 1. The van der Waals surface area contributed by atoms with E-state index in [0.29, 0.717) is 58.8 Å². The molecule has 0 saturated carbocycles. The largest absolute Gasteiger partial charge is 0.573 e. The summed E-state index contributed by atoms with van der Waals surface area (Å²) in [6.07, 6.45) is -4.81. The van der Waals surface area contributed by atoms with Crippen molar-refractivity contribution in [3.05, 3.63) is 52.5 Å². The SMILES string of the molecule is Nc1cc(OC(F)(F)F)ccc1N(CCN1CCOCC1)c1cc(Cl)c2cccc(Cl)c2n1. The van der Waals surface area contributed by atoms with Crippen LogP contribution in [0.5, 0.6) is 5.75 Å². The Hall–Kier alpha value is -2.46. The van der Waals surface area contributed by atoms with Gasteiger partial charge in [-0.1, -0.05) is 35.3 Å². The van der Waals surface area contributed by atoms with Gasteiger partial charge in [-0.25, -0.2) is 4.98 Å². The number of aromatic nitrogens is 1. The molecule has 6 nitrogen and oxygen atoms in total. The van der Waals surface area contributed by atoms with Crippen LogP contribution in [0.2, 0.25) is 10.0 Å². The van der Waals surface area contributed by atoms with Crippen LogP contribution < -0.4 is 15.4 Å². The van der Waals surface area contributed by atoms with Gasteiger partial charge in [0.25, 0.3) is 0 Å². The summed E-state index contributed by atoms with van der Waals surface area (Å²) in [5.74, 6) is 0.0782. The predicted molar refractivity (Wildman–Crippen MR) is 124 cm³/mol. The molecule has 0 spiro atoms. The number of anilines is 3. The molecule has 0 bridgehead atoms. The molecule has 0 radical (unpaired) electrons. The molecule has 3 aromatic rings. The Kier molecular flexibility index (Phi) is 7.04. The number of hydrogen-bond acceptors (Lipinski definition) is 6. The Labute approximate surface area is 198 Å². The lowest BCUT2D eigenvalue weighted by atomic mass is 10.2. The molecule has 2 aromatic carbocycles. The number of para-hydroxylation sites is 1. The van der Waals surface area contributed by atoms with Gasteiger partial charge in [0.2, 0.25) is 0 Å². The predicted octanol–water partition coefficient (Wildman–Crippen LogP) is 5.49. The standard InChI is InChI=1S/C22H21Cl2F3N4O2/c23-16-3-1-2-15-17(24)13-20(29-21(15)16)31(7-6-30-8-10-32-11-9-30)19-5-4-14(12-18(19)28)33-22(25,26)27/h1-5,12-13H,6-11,28H2. The van der Waals surface area contributed by atoms with Crippen molar-refractivity contribution in [1.29, 1.82) is 0 Å². The van der Waals surface area contributed by atoms with Crippen molar-refractivity contribution in [3.8, 4) is 5.75 Å².